The van der Waals surface area contributed by atoms with E-state index >= 15 is 0 Å². The van der Waals surface area contributed by atoms with Crippen LogP contribution in [0.25, 0.3) is 16.3 Å². The predicted molar refractivity (Wildman–Crippen MR) is 103 cm³/mol. The highest BCUT2D eigenvalue weighted by Gasteiger charge is 2.24. The van der Waals surface area contributed by atoms with Crippen LogP contribution in [0.2, 0.25) is 0 Å². The third kappa shape index (κ3) is 3.29. The Bertz CT molecular complexity index is 977. The maximum Gasteiger partial charge on any atom is 0.263 e. The number of nitrogens with zero attached hydrogens (tertiary/aromatic N) is 1. The highest BCUT2D eigenvalue weighted by molar-refractivity contribution is 7.18. The van der Waals surface area contributed by atoms with Crippen LogP contribution in [0.4, 0.5) is 0 Å². The van der Waals surface area contributed by atoms with Crippen molar-refractivity contribution in [2.45, 2.75) is 32.2 Å². The number of fused-ring (bicyclic) bond motifs is 2. The molecule has 0 radical (unpaired) electrons. The van der Waals surface area contributed by atoms with Gasteiger partial charge in [-0.2, -0.15) is 4.57 Å². The summed E-state index contributed by atoms with van der Waals surface area (Å²) in [5.41, 5.74) is 4.90. The van der Waals surface area contributed by atoms with Crippen LogP contribution in [-0.4, -0.2) is 5.97 Å². The number of allylic oxidation sites excluding steroid dienone is 6. The van der Waals surface area contributed by atoms with Crippen LogP contribution in [0.1, 0.15) is 30.7 Å². The van der Waals surface area contributed by atoms with Crippen molar-refractivity contribution < 1.29 is 14.5 Å². The lowest BCUT2D eigenvalue weighted by Gasteiger charge is -2.28. The highest BCUT2D eigenvalue weighted by atomic mass is 32.1. The van der Waals surface area contributed by atoms with Crippen molar-refractivity contribution in [2.75, 3.05) is 0 Å². The smallest absolute Gasteiger partial charge is 0.263 e. The molecule has 1 atom stereocenters. The molecule has 1 aromatic carbocycles. The highest BCUT2D eigenvalue weighted by Crippen LogP contribution is 2.38. The lowest BCUT2D eigenvalue weighted by molar-refractivity contribution is -0.663. The van der Waals surface area contributed by atoms with E-state index < -0.39 is 5.97 Å². The number of hydrogen-bond donors (Lipinski definition) is 0. The number of rotatable bonds is 4. The fourth-order valence-electron chi connectivity index (χ4n) is 3.90. The summed E-state index contributed by atoms with van der Waals surface area (Å²) in [5.74, 6) is -0.417. The Labute approximate surface area is 157 Å². The second-order valence-corrected chi connectivity index (χ2v) is 7.99. The Hall–Kier alpha value is -2.46. The van der Waals surface area contributed by atoms with Crippen LogP contribution >= 0.6 is 11.3 Å². The number of hydrogen-bond acceptors (Lipinski definition) is 3. The van der Waals surface area contributed by atoms with Crippen LogP contribution in [0.3, 0.4) is 0 Å². The number of carboxylic acid groups (broad SMARTS) is 1. The minimum atomic E-state index is -1.06. The molecule has 1 heterocycles. The fourth-order valence-corrected chi connectivity index (χ4v) is 5.03. The van der Waals surface area contributed by atoms with Gasteiger partial charge in [0.2, 0.25) is 5.52 Å². The van der Waals surface area contributed by atoms with E-state index in [1.165, 1.54) is 23.1 Å². The summed E-state index contributed by atoms with van der Waals surface area (Å²) in [6.07, 6.45) is 13.2. The van der Waals surface area contributed by atoms with Gasteiger partial charge >= 0.3 is 0 Å². The molecular formula is C22H21NO2S. The van der Waals surface area contributed by atoms with Crippen molar-refractivity contribution in [3.63, 3.8) is 0 Å². The molecule has 0 N–H and O–H groups in total. The molecule has 132 valence electrons. The first-order valence-electron chi connectivity index (χ1n) is 9.00. The monoisotopic (exact) mass is 363 g/mol. The predicted octanol–water partition coefficient (Wildman–Crippen LogP) is 3.56. The zero-order valence-corrected chi connectivity index (χ0v) is 15.4. The molecule has 0 amide bonds. The molecule has 0 saturated heterocycles. The SMILES string of the molecule is C=CC1=CC2=C/C(=C/c3sc4ccccc4[n+]3CC(=O)[O-])CCC2CC1. The number of thiazole rings is 1. The summed E-state index contributed by atoms with van der Waals surface area (Å²) in [7, 11) is 0. The minimum Gasteiger partial charge on any atom is -0.544 e. The molecule has 2 aliphatic rings. The number of carbonyl (C=O) groups is 1. The molecule has 0 bridgehead atoms. The van der Waals surface area contributed by atoms with Crippen LogP contribution in [-0.2, 0) is 11.3 Å². The van der Waals surface area contributed by atoms with Gasteiger partial charge in [-0.25, -0.2) is 0 Å². The van der Waals surface area contributed by atoms with E-state index in [-0.39, 0.29) is 6.54 Å². The third-order valence-corrected chi connectivity index (χ3v) is 6.35. The lowest BCUT2D eigenvalue weighted by atomic mass is 9.77. The second kappa shape index (κ2) is 7.04. The number of carbonyl (C=O) groups excluding carboxylic acids is 1. The third-order valence-electron chi connectivity index (χ3n) is 5.23. The standard InChI is InChI=1S/C22H21NO2S/c1-2-15-7-9-17-10-8-16(12-18(17)11-15)13-21-23(14-22(24)25)19-5-3-4-6-20(19)26-21/h2-6,11-13,17H,1,7-10,14H2/b16-13+. The molecule has 4 heteroatoms. The summed E-state index contributed by atoms with van der Waals surface area (Å²) >= 11 is 1.63. The quantitative estimate of drug-likeness (QED) is 0.780. The van der Waals surface area contributed by atoms with Crippen LogP contribution in [0.5, 0.6) is 0 Å². The average molecular weight is 363 g/mol. The van der Waals surface area contributed by atoms with Crippen LogP contribution in [0.15, 0.2) is 65.8 Å². The van der Waals surface area contributed by atoms with Gasteiger partial charge in [-0.05, 0) is 54.4 Å². The molecule has 2 aliphatic carbocycles. The zero-order valence-electron chi connectivity index (χ0n) is 14.6. The molecule has 0 saturated carbocycles. The van der Waals surface area contributed by atoms with Gasteiger partial charge in [0, 0.05) is 12.1 Å². The first-order valence-corrected chi connectivity index (χ1v) is 9.82. The molecular weight excluding hydrogens is 342 g/mol. The van der Waals surface area contributed by atoms with E-state index in [1.54, 1.807) is 11.3 Å². The normalized spacial score (nSPS) is 21.2. The molecule has 26 heavy (non-hydrogen) atoms. The summed E-state index contributed by atoms with van der Waals surface area (Å²) in [6.45, 7) is 3.78. The molecule has 1 aromatic heterocycles. The van der Waals surface area contributed by atoms with Crippen molar-refractivity contribution in [2.24, 2.45) is 5.92 Å². The number of benzene rings is 1. The van der Waals surface area contributed by atoms with Gasteiger partial charge < -0.3 is 9.90 Å². The van der Waals surface area contributed by atoms with Gasteiger partial charge in [0.25, 0.3) is 5.01 Å². The molecule has 0 aliphatic heterocycles. The van der Waals surface area contributed by atoms with Gasteiger partial charge in [-0.3, -0.25) is 0 Å². The Morgan fingerprint density at radius 3 is 2.88 bits per heavy atom. The maximum atomic E-state index is 11.2. The summed E-state index contributed by atoms with van der Waals surface area (Å²) in [6, 6.07) is 7.92. The summed E-state index contributed by atoms with van der Waals surface area (Å²) in [4.78, 5) is 11.2. The Balaban J connectivity index is 1.76. The Morgan fingerprint density at radius 2 is 2.08 bits per heavy atom. The average Bonchev–Trinajstić information content (AvgIpc) is 2.98. The summed E-state index contributed by atoms with van der Waals surface area (Å²) < 4.78 is 2.94. The van der Waals surface area contributed by atoms with E-state index in [4.69, 9.17) is 0 Å². The van der Waals surface area contributed by atoms with E-state index in [0.29, 0.717) is 5.92 Å². The molecule has 3 nitrogen and oxygen atoms in total. The first-order chi connectivity index (χ1) is 12.6. The molecule has 1 unspecified atom stereocenters. The van der Waals surface area contributed by atoms with Crippen molar-refractivity contribution in [1.82, 2.24) is 0 Å². The van der Waals surface area contributed by atoms with Crippen molar-refractivity contribution in [1.29, 1.82) is 0 Å². The fraction of sp³-hybridized carbons (Fsp3) is 0.273. The maximum absolute atomic E-state index is 11.2. The van der Waals surface area contributed by atoms with Crippen molar-refractivity contribution in [3.8, 4) is 0 Å². The lowest BCUT2D eigenvalue weighted by Crippen LogP contribution is -2.44. The Kier molecular flexibility index (Phi) is 4.60. The van der Waals surface area contributed by atoms with Gasteiger partial charge in [0.1, 0.15) is 10.7 Å². The Morgan fingerprint density at radius 1 is 1.27 bits per heavy atom. The number of aliphatic carboxylic acids is 1. The number of para-hydroxylation sites is 1. The zero-order chi connectivity index (χ0) is 18.1. The molecule has 2 aromatic rings. The van der Waals surface area contributed by atoms with E-state index in [0.717, 1.165) is 34.5 Å². The molecule has 4 rings (SSSR count). The largest absolute Gasteiger partial charge is 0.544 e. The topological polar surface area (TPSA) is 44.0 Å². The minimum absolute atomic E-state index is 0.122. The van der Waals surface area contributed by atoms with Crippen molar-refractivity contribution in [3.05, 3.63) is 70.8 Å². The van der Waals surface area contributed by atoms with Crippen LogP contribution in [0, 0.1) is 5.92 Å². The van der Waals surface area contributed by atoms with Gasteiger partial charge in [0.05, 0.1) is 0 Å². The van der Waals surface area contributed by atoms with Crippen molar-refractivity contribution >= 4 is 33.6 Å². The second-order valence-electron chi connectivity index (χ2n) is 6.93. The van der Waals surface area contributed by atoms with E-state index in [9.17, 15) is 9.90 Å². The van der Waals surface area contributed by atoms with E-state index in [2.05, 4.69) is 24.8 Å². The first kappa shape index (κ1) is 17.0. The van der Waals surface area contributed by atoms with Gasteiger partial charge in [0.15, 0.2) is 6.54 Å². The molecule has 0 fully saturated rings. The van der Waals surface area contributed by atoms with Crippen LogP contribution < -0.4 is 9.67 Å². The van der Waals surface area contributed by atoms with Gasteiger partial charge in [-0.15, -0.1) is 0 Å². The number of carboxylic acids is 1. The number of aromatic nitrogens is 1. The van der Waals surface area contributed by atoms with Gasteiger partial charge in [-0.1, -0.05) is 48.3 Å². The molecule has 0 spiro atoms. The van der Waals surface area contributed by atoms with E-state index in [1.807, 2.05) is 34.9 Å². The summed E-state index contributed by atoms with van der Waals surface area (Å²) in [5, 5.41) is 12.2.